The summed E-state index contributed by atoms with van der Waals surface area (Å²) in [5.74, 6) is 1.14. The lowest BCUT2D eigenvalue weighted by atomic mass is 9.94. The second kappa shape index (κ2) is 8.20. The quantitative estimate of drug-likeness (QED) is 0.710. The predicted octanol–water partition coefficient (Wildman–Crippen LogP) is 3.11. The number of nitrogens with zero attached hydrogens (tertiary/aromatic N) is 3. The Morgan fingerprint density at radius 1 is 1.30 bits per heavy atom. The summed E-state index contributed by atoms with van der Waals surface area (Å²) >= 11 is 0. The number of fused-ring (bicyclic) bond motifs is 1. The van der Waals surface area contributed by atoms with Gasteiger partial charge in [0.15, 0.2) is 5.82 Å². The Bertz CT molecular complexity index is 994. The number of hydrogen-bond acceptors (Lipinski definition) is 7. The van der Waals surface area contributed by atoms with Crippen LogP contribution in [0.5, 0.6) is 5.75 Å². The van der Waals surface area contributed by atoms with Crippen LogP contribution in [0.25, 0.3) is 5.57 Å². The Morgan fingerprint density at radius 2 is 2.10 bits per heavy atom. The fraction of sp³-hybridized carbons (Fsp3) is 0.455. The van der Waals surface area contributed by atoms with Crippen LogP contribution in [0.1, 0.15) is 30.2 Å². The first kappa shape index (κ1) is 20.6. The van der Waals surface area contributed by atoms with E-state index in [9.17, 15) is 5.11 Å². The first-order valence-electron chi connectivity index (χ1n) is 10.2. The van der Waals surface area contributed by atoms with E-state index in [2.05, 4.69) is 25.5 Å². The van der Waals surface area contributed by atoms with E-state index in [4.69, 9.17) is 4.74 Å². The van der Waals surface area contributed by atoms with Gasteiger partial charge < -0.3 is 20.5 Å². The van der Waals surface area contributed by atoms with Crippen molar-refractivity contribution in [1.82, 2.24) is 14.9 Å². The smallest absolute Gasteiger partial charge is 0.229 e. The number of hydrogen-bond donors (Lipinski definition) is 3. The summed E-state index contributed by atoms with van der Waals surface area (Å²) in [6, 6.07) is 3.57. The zero-order valence-corrected chi connectivity index (χ0v) is 17.8. The van der Waals surface area contributed by atoms with Crippen LogP contribution in [0.3, 0.4) is 0 Å². The fourth-order valence-corrected chi connectivity index (χ4v) is 3.96. The molecule has 0 amide bonds. The molecule has 160 valence electrons. The third-order valence-corrected chi connectivity index (χ3v) is 5.90. The molecule has 0 saturated heterocycles. The molecule has 0 saturated carbocycles. The zero-order valence-electron chi connectivity index (χ0n) is 17.8. The van der Waals surface area contributed by atoms with Gasteiger partial charge in [-0.25, -0.2) is 9.37 Å². The van der Waals surface area contributed by atoms with Crippen molar-refractivity contribution in [2.75, 3.05) is 37.9 Å². The molecule has 0 radical (unpaired) electrons. The summed E-state index contributed by atoms with van der Waals surface area (Å²) in [6.07, 6.45) is 2.47. The van der Waals surface area contributed by atoms with Crippen molar-refractivity contribution in [2.24, 2.45) is 0 Å². The van der Waals surface area contributed by atoms with Gasteiger partial charge in [0.25, 0.3) is 0 Å². The number of aliphatic hydroxyl groups is 1. The number of aromatic nitrogens is 2. The highest BCUT2D eigenvalue weighted by Gasteiger charge is 2.30. The molecule has 3 heterocycles. The van der Waals surface area contributed by atoms with E-state index >= 15 is 4.39 Å². The van der Waals surface area contributed by atoms with Crippen LogP contribution in [0.15, 0.2) is 18.2 Å². The summed E-state index contributed by atoms with van der Waals surface area (Å²) in [5, 5.41) is 16.6. The molecule has 7 nitrogen and oxygen atoms in total. The van der Waals surface area contributed by atoms with E-state index in [-0.39, 0.29) is 6.04 Å². The monoisotopic (exact) mass is 413 g/mol. The van der Waals surface area contributed by atoms with Crippen LogP contribution in [0, 0.1) is 12.7 Å². The maximum absolute atomic E-state index is 15.8. The van der Waals surface area contributed by atoms with E-state index < -0.39 is 11.9 Å². The van der Waals surface area contributed by atoms with Crippen molar-refractivity contribution in [3.8, 4) is 5.75 Å². The number of halogens is 1. The van der Waals surface area contributed by atoms with Crippen LogP contribution in [0.2, 0.25) is 0 Å². The van der Waals surface area contributed by atoms with Gasteiger partial charge in [0, 0.05) is 49.8 Å². The van der Waals surface area contributed by atoms with Crippen LogP contribution < -0.4 is 15.4 Å². The first-order chi connectivity index (χ1) is 14.4. The summed E-state index contributed by atoms with van der Waals surface area (Å²) in [7, 11) is 3.73. The minimum atomic E-state index is -0.588. The predicted molar refractivity (Wildman–Crippen MR) is 116 cm³/mol. The molecule has 1 aromatic heterocycles. The van der Waals surface area contributed by atoms with Gasteiger partial charge in [-0.2, -0.15) is 4.98 Å². The van der Waals surface area contributed by atoms with E-state index in [0.29, 0.717) is 54.8 Å². The summed E-state index contributed by atoms with van der Waals surface area (Å²) < 4.78 is 21.6. The second-order valence-electron chi connectivity index (χ2n) is 7.97. The summed E-state index contributed by atoms with van der Waals surface area (Å²) in [5.41, 5.74) is 3.21. The van der Waals surface area contributed by atoms with Crippen molar-refractivity contribution in [3.05, 3.63) is 40.8 Å². The molecule has 1 aromatic carbocycles. The van der Waals surface area contributed by atoms with E-state index in [1.807, 2.05) is 33.0 Å². The molecule has 2 atom stereocenters. The third kappa shape index (κ3) is 3.85. The van der Waals surface area contributed by atoms with Gasteiger partial charge in [0.05, 0.1) is 24.0 Å². The molecule has 0 bridgehead atoms. The number of anilines is 3. The number of benzene rings is 1. The lowest BCUT2D eigenvalue weighted by Crippen LogP contribution is -2.37. The Balaban J connectivity index is 1.77. The lowest BCUT2D eigenvalue weighted by Gasteiger charge is -2.25. The molecule has 4 rings (SSSR count). The topological polar surface area (TPSA) is 82.5 Å². The van der Waals surface area contributed by atoms with E-state index in [1.165, 1.54) is 0 Å². The zero-order chi connectivity index (χ0) is 21.4. The number of ether oxygens (including phenoxy) is 1. The van der Waals surface area contributed by atoms with Crippen LogP contribution >= 0.6 is 0 Å². The Labute approximate surface area is 176 Å². The molecule has 30 heavy (non-hydrogen) atoms. The van der Waals surface area contributed by atoms with Crippen LogP contribution in [0.4, 0.5) is 21.8 Å². The number of rotatable bonds is 4. The van der Waals surface area contributed by atoms with Gasteiger partial charge in [-0.3, -0.25) is 4.90 Å². The molecule has 3 N–H and O–H groups in total. The fourth-order valence-electron chi connectivity index (χ4n) is 3.96. The molecule has 0 unspecified atom stereocenters. The number of aliphatic hydroxyl groups excluding tert-OH is 1. The molecule has 2 aromatic rings. The van der Waals surface area contributed by atoms with E-state index in [1.54, 1.807) is 13.1 Å². The minimum absolute atomic E-state index is 0.0160. The molecule has 8 heteroatoms. The van der Waals surface area contributed by atoms with Gasteiger partial charge in [-0.15, -0.1) is 0 Å². The third-order valence-electron chi connectivity index (χ3n) is 5.90. The number of likely N-dealkylation sites (N-methyl/N-ethyl adjacent to an activating group) is 1. The first-order valence-corrected chi connectivity index (χ1v) is 10.2. The van der Waals surface area contributed by atoms with Crippen molar-refractivity contribution < 1.29 is 14.2 Å². The Hall–Kier alpha value is -2.71. The van der Waals surface area contributed by atoms with Gasteiger partial charge in [-0.1, -0.05) is 6.08 Å². The molecule has 0 spiro atoms. The number of nitrogens with one attached hydrogen (secondary N) is 2. The average molecular weight is 413 g/mol. The maximum Gasteiger partial charge on any atom is 0.229 e. The summed E-state index contributed by atoms with van der Waals surface area (Å²) in [4.78, 5) is 10.8. The highest BCUT2D eigenvalue weighted by molar-refractivity contribution is 5.78. The van der Waals surface area contributed by atoms with Crippen LogP contribution in [-0.2, 0) is 6.42 Å². The van der Waals surface area contributed by atoms with Crippen molar-refractivity contribution in [3.63, 3.8) is 0 Å². The SMILES string of the molecule is CNc1cc(C)nc(Nc2cc3c(c(C4=CCN(C)[C@H](C)[C@H](O)C4)c2F)OCC3)n1. The van der Waals surface area contributed by atoms with Gasteiger partial charge in [0.2, 0.25) is 5.95 Å². The Kier molecular flexibility index (Phi) is 5.62. The van der Waals surface area contributed by atoms with Crippen molar-refractivity contribution in [2.45, 2.75) is 38.8 Å². The number of aryl methyl sites for hydroxylation is 1. The van der Waals surface area contributed by atoms with Crippen molar-refractivity contribution >= 4 is 23.0 Å². The molecule has 2 aliphatic rings. The molecule has 2 aliphatic heterocycles. The van der Waals surface area contributed by atoms with E-state index in [0.717, 1.165) is 16.8 Å². The van der Waals surface area contributed by atoms with Crippen LogP contribution in [-0.4, -0.2) is 59.4 Å². The normalized spacial score (nSPS) is 21.5. The molecular weight excluding hydrogens is 385 g/mol. The molecule has 0 aliphatic carbocycles. The van der Waals surface area contributed by atoms with Gasteiger partial charge in [0.1, 0.15) is 11.6 Å². The molecular formula is C22H28FN5O2. The largest absolute Gasteiger partial charge is 0.492 e. The minimum Gasteiger partial charge on any atom is -0.492 e. The second-order valence-corrected chi connectivity index (χ2v) is 7.97. The van der Waals surface area contributed by atoms with Gasteiger partial charge in [-0.05, 0) is 32.5 Å². The highest BCUT2D eigenvalue weighted by Crippen LogP contribution is 2.42. The highest BCUT2D eigenvalue weighted by atomic mass is 19.1. The molecule has 0 fully saturated rings. The Morgan fingerprint density at radius 3 is 2.87 bits per heavy atom. The summed E-state index contributed by atoms with van der Waals surface area (Å²) in [6.45, 7) is 4.99. The van der Waals surface area contributed by atoms with Crippen molar-refractivity contribution in [1.29, 1.82) is 0 Å². The lowest BCUT2D eigenvalue weighted by molar-refractivity contribution is 0.0866. The average Bonchev–Trinajstić information content (AvgIpc) is 3.13. The standard InChI is InChI=1S/C22H28FN5O2/c1-12-9-18(24-3)27-22(25-12)26-16-10-15-6-8-30-21(15)19(20(16)23)14-5-7-28(4)13(2)17(29)11-14/h5,9-10,13,17,29H,6-8,11H2,1-4H3,(H2,24,25,26,27)/t13-,17-/m1/s1. The van der Waals surface area contributed by atoms with Gasteiger partial charge >= 0.3 is 0 Å². The maximum atomic E-state index is 15.8.